The van der Waals surface area contributed by atoms with E-state index in [0.29, 0.717) is 5.92 Å². The van der Waals surface area contributed by atoms with E-state index in [2.05, 4.69) is 24.4 Å². The molecule has 0 saturated carbocycles. The number of allylic oxidation sites excluding steroid dienone is 5. The van der Waals surface area contributed by atoms with Gasteiger partial charge in [-0.15, -0.1) is 0 Å². The van der Waals surface area contributed by atoms with Gasteiger partial charge < -0.3 is 5.32 Å². The Hall–Kier alpha value is -1.31. The molecule has 2 heteroatoms. The molecule has 0 radical (unpaired) electrons. The second-order valence-electron chi connectivity index (χ2n) is 3.30. The van der Waals surface area contributed by atoms with Crippen LogP contribution in [-0.2, 0) is 4.79 Å². The number of rotatable bonds is 1. The summed E-state index contributed by atoms with van der Waals surface area (Å²) >= 11 is 0. The number of hydrogen-bond donors (Lipinski definition) is 1. The van der Waals surface area contributed by atoms with E-state index in [1.165, 1.54) is 6.92 Å². The molecule has 1 amide bonds. The Balaban J connectivity index is 2.68. The molecular weight excluding hydrogens is 162 g/mol. The average molecular weight is 177 g/mol. The van der Waals surface area contributed by atoms with E-state index >= 15 is 0 Å². The Kier molecular flexibility index (Phi) is 3.50. The van der Waals surface area contributed by atoms with Crippen LogP contribution in [0.3, 0.4) is 0 Å². The Morgan fingerprint density at radius 1 is 1.62 bits per heavy atom. The lowest BCUT2D eigenvalue weighted by molar-refractivity contribution is -0.118. The largest absolute Gasteiger partial charge is 0.326 e. The summed E-state index contributed by atoms with van der Waals surface area (Å²) in [5, 5.41) is 2.75. The molecule has 1 atom stereocenters. The highest BCUT2D eigenvalue weighted by molar-refractivity contribution is 5.75. The van der Waals surface area contributed by atoms with Gasteiger partial charge in [0.15, 0.2) is 0 Å². The third-order valence-electron chi connectivity index (χ3n) is 1.84. The number of amides is 1. The van der Waals surface area contributed by atoms with E-state index in [9.17, 15) is 4.79 Å². The van der Waals surface area contributed by atoms with Crippen molar-refractivity contribution in [3.63, 3.8) is 0 Å². The van der Waals surface area contributed by atoms with Crippen molar-refractivity contribution in [1.29, 1.82) is 0 Å². The molecule has 1 unspecified atom stereocenters. The minimum absolute atomic E-state index is 0.0297. The zero-order chi connectivity index (χ0) is 9.68. The van der Waals surface area contributed by atoms with Crippen molar-refractivity contribution in [2.24, 2.45) is 5.92 Å². The predicted octanol–water partition coefficient (Wildman–Crippen LogP) is 2.16. The van der Waals surface area contributed by atoms with Crippen LogP contribution in [0.15, 0.2) is 36.1 Å². The van der Waals surface area contributed by atoms with Gasteiger partial charge in [-0.1, -0.05) is 25.2 Å². The third-order valence-corrected chi connectivity index (χ3v) is 1.84. The van der Waals surface area contributed by atoms with E-state index in [1.807, 2.05) is 18.2 Å². The van der Waals surface area contributed by atoms with Crippen LogP contribution in [-0.4, -0.2) is 5.91 Å². The lowest BCUT2D eigenvalue weighted by Gasteiger charge is -2.06. The van der Waals surface area contributed by atoms with Crippen LogP contribution in [0.4, 0.5) is 0 Å². The van der Waals surface area contributed by atoms with Gasteiger partial charge in [-0.3, -0.25) is 4.79 Å². The summed E-state index contributed by atoms with van der Waals surface area (Å²) in [6.45, 7) is 3.68. The molecule has 70 valence electrons. The highest BCUT2D eigenvalue weighted by Gasteiger charge is 1.98. The van der Waals surface area contributed by atoms with Crippen molar-refractivity contribution >= 4 is 5.91 Å². The Morgan fingerprint density at radius 2 is 2.38 bits per heavy atom. The summed E-state index contributed by atoms with van der Waals surface area (Å²) < 4.78 is 0. The molecule has 0 aliphatic heterocycles. The maximum absolute atomic E-state index is 10.8. The maximum Gasteiger partial charge on any atom is 0.221 e. The minimum Gasteiger partial charge on any atom is -0.326 e. The lowest BCUT2D eigenvalue weighted by atomic mass is 10.1. The van der Waals surface area contributed by atoms with E-state index in [1.54, 1.807) is 0 Å². The number of nitrogens with one attached hydrogen (secondary N) is 1. The van der Waals surface area contributed by atoms with Gasteiger partial charge in [-0.05, 0) is 24.5 Å². The van der Waals surface area contributed by atoms with E-state index in [0.717, 1.165) is 12.1 Å². The van der Waals surface area contributed by atoms with Gasteiger partial charge in [0.2, 0.25) is 5.91 Å². The maximum atomic E-state index is 10.8. The van der Waals surface area contributed by atoms with Gasteiger partial charge >= 0.3 is 0 Å². The molecule has 1 aliphatic rings. The van der Waals surface area contributed by atoms with Gasteiger partial charge in [0.1, 0.15) is 0 Å². The van der Waals surface area contributed by atoms with Crippen molar-refractivity contribution in [2.75, 3.05) is 0 Å². The fraction of sp³-hybridized carbons (Fsp3) is 0.364. The SMILES string of the molecule is CC(=O)NC1=CC=CC(C)CC=C1. The molecule has 1 aliphatic carbocycles. The van der Waals surface area contributed by atoms with Crippen LogP contribution in [0.25, 0.3) is 0 Å². The lowest BCUT2D eigenvalue weighted by Crippen LogP contribution is -2.17. The summed E-state index contributed by atoms with van der Waals surface area (Å²) in [6.07, 6.45) is 11.1. The summed E-state index contributed by atoms with van der Waals surface area (Å²) in [5.74, 6) is 0.546. The van der Waals surface area contributed by atoms with E-state index in [4.69, 9.17) is 0 Å². The molecule has 1 N–H and O–H groups in total. The summed E-state index contributed by atoms with van der Waals surface area (Å²) in [7, 11) is 0. The molecule has 0 bridgehead atoms. The van der Waals surface area contributed by atoms with Crippen molar-refractivity contribution in [3.8, 4) is 0 Å². The van der Waals surface area contributed by atoms with Crippen LogP contribution in [0.2, 0.25) is 0 Å². The molecule has 0 spiro atoms. The Bertz CT molecular complexity index is 274. The summed E-state index contributed by atoms with van der Waals surface area (Å²) in [4.78, 5) is 10.8. The van der Waals surface area contributed by atoms with Crippen LogP contribution in [0.5, 0.6) is 0 Å². The van der Waals surface area contributed by atoms with Gasteiger partial charge in [-0.25, -0.2) is 0 Å². The summed E-state index contributed by atoms with van der Waals surface area (Å²) in [5.41, 5.74) is 0.857. The normalized spacial score (nSPS) is 21.7. The molecule has 0 aromatic heterocycles. The molecular formula is C11H15NO. The quantitative estimate of drug-likeness (QED) is 0.653. The zero-order valence-electron chi connectivity index (χ0n) is 8.08. The fourth-order valence-corrected chi connectivity index (χ4v) is 1.18. The van der Waals surface area contributed by atoms with E-state index in [-0.39, 0.29) is 5.91 Å². The smallest absolute Gasteiger partial charge is 0.221 e. The van der Waals surface area contributed by atoms with Gasteiger partial charge in [0.05, 0.1) is 0 Å². The standard InChI is InChI=1S/C11H15NO/c1-9-5-3-7-11(8-4-6-9)12-10(2)13/h3-5,7-9H,6H2,1-2H3,(H,12,13). The Labute approximate surface area is 79.0 Å². The first-order chi connectivity index (χ1) is 6.18. The first-order valence-corrected chi connectivity index (χ1v) is 4.51. The minimum atomic E-state index is -0.0297. The third kappa shape index (κ3) is 3.74. The van der Waals surface area contributed by atoms with Crippen LogP contribution < -0.4 is 5.32 Å². The molecule has 0 heterocycles. The van der Waals surface area contributed by atoms with Gasteiger partial charge in [0.25, 0.3) is 0 Å². The van der Waals surface area contributed by atoms with Gasteiger partial charge in [0, 0.05) is 12.6 Å². The van der Waals surface area contributed by atoms with Crippen LogP contribution >= 0.6 is 0 Å². The molecule has 13 heavy (non-hydrogen) atoms. The highest BCUT2D eigenvalue weighted by Crippen LogP contribution is 2.09. The first kappa shape index (κ1) is 9.78. The fourth-order valence-electron chi connectivity index (χ4n) is 1.18. The van der Waals surface area contributed by atoms with E-state index < -0.39 is 0 Å². The first-order valence-electron chi connectivity index (χ1n) is 4.51. The molecule has 0 saturated heterocycles. The molecule has 0 fully saturated rings. The predicted molar refractivity (Wildman–Crippen MR) is 54.0 cm³/mol. The second-order valence-corrected chi connectivity index (χ2v) is 3.30. The monoisotopic (exact) mass is 177 g/mol. The number of carbonyl (C=O) groups excluding carboxylic acids is 1. The van der Waals surface area contributed by atoms with Crippen molar-refractivity contribution in [1.82, 2.24) is 5.32 Å². The highest BCUT2D eigenvalue weighted by atomic mass is 16.1. The summed E-state index contributed by atoms with van der Waals surface area (Å²) in [6, 6.07) is 0. The second kappa shape index (κ2) is 4.65. The zero-order valence-corrected chi connectivity index (χ0v) is 8.08. The molecule has 0 aromatic carbocycles. The van der Waals surface area contributed by atoms with Gasteiger partial charge in [-0.2, -0.15) is 0 Å². The number of carbonyl (C=O) groups is 1. The van der Waals surface area contributed by atoms with Crippen molar-refractivity contribution in [2.45, 2.75) is 20.3 Å². The average Bonchev–Trinajstić information content (AvgIpc) is 1.99. The molecule has 2 nitrogen and oxygen atoms in total. The molecule has 0 aromatic rings. The van der Waals surface area contributed by atoms with Crippen LogP contribution in [0.1, 0.15) is 20.3 Å². The van der Waals surface area contributed by atoms with Crippen molar-refractivity contribution in [3.05, 3.63) is 36.1 Å². The molecule has 1 rings (SSSR count). The topological polar surface area (TPSA) is 29.1 Å². The van der Waals surface area contributed by atoms with Crippen LogP contribution in [0, 0.1) is 5.92 Å². The number of hydrogen-bond acceptors (Lipinski definition) is 1. The Morgan fingerprint density at radius 3 is 3.08 bits per heavy atom. The van der Waals surface area contributed by atoms with Crippen molar-refractivity contribution < 1.29 is 4.79 Å².